The number of carbonyl (C=O) groups is 1. The zero-order valence-electron chi connectivity index (χ0n) is 13.9. The minimum atomic E-state index is -0.614. The zero-order valence-corrected chi connectivity index (χ0v) is 14.7. The number of thioether (sulfide) groups is 1. The zero-order chi connectivity index (χ0) is 17.4. The topological polar surface area (TPSA) is 38.3 Å². The Bertz CT molecular complexity index is 661. The van der Waals surface area contributed by atoms with E-state index in [2.05, 4.69) is 36.5 Å². The third-order valence-electron chi connectivity index (χ3n) is 3.39. The third-order valence-corrected chi connectivity index (χ3v) is 4.42. The van der Waals surface area contributed by atoms with E-state index in [4.69, 9.17) is 4.74 Å². The highest BCUT2D eigenvalue weighted by molar-refractivity contribution is 7.98. The number of rotatable bonds is 8. The van der Waals surface area contributed by atoms with Gasteiger partial charge >= 0.3 is 0 Å². The van der Waals surface area contributed by atoms with Crippen molar-refractivity contribution >= 4 is 17.7 Å². The second-order valence-electron chi connectivity index (χ2n) is 5.55. The summed E-state index contributed by atoms with van der Waals surface area (Å²) in [6, 6.07) is 14.1. The maximum Gasteiger partial charge on any atom is 0.260 e. The first-order valence-electron chi connectivity index (χ1n) is 7.88. The van der Waals surface area contributed by atoms with Gasteiger partial charge in [0, 0.05) is 18.1 Å². The first-order valence-corrected chi connectivity index (χ1v) is 9.03. The molecule has 0 saturated carbocycles. The van der Waals surface area contributed by atoms with E-state index in [9.17, 15) is 9.18 Å². The fourth-order valence-electron chi connectivity index (χ4n) is 2.15. The predicted octanol–water partition coefficient (Wildman–Crippen LogP) is 3.95. The first kappa shape index (κ1) is 18.3. The molecule has 2 aromatic carbocycles. The lowest BCUT2D eigenvalue weighted by Gasteiger charge is -2.14. The molecule has 3 nitrogen and oxygen atoms in total. The van der Waals surface area contributed by atoms with Gasteiger partial charge in [-0.25, -0.2) is 4.39 Å². The summed E-state index contributed by atoms with van der Waals surface area (Å²) < 4.78 is 18.3. The SMILES string of the molecule is Cc1cccc(CSCCNC(=O)[C@H](C)Oc2ccc(F)cc2)c1. The van der Waals surface area contributed by atoms with E-state index in [0.29, 0.717) is 12.3 Å². The molecule has 0 heterocycles. The molecule has 2 rings (SSSR count). The van der Waals surface area contributed by atoms with Crippen LogP contribution >= 0.6 is 11.8 Å². The minimum absolute atomic E-state index is 0.171. The van der Waals surface area contributed by atoms with Gasteiger partial charge in [0.2, 0.25) is 0 Å². The van der Waals surface area contributed by atoms with Gasteiger partial charge in [0.25, 0.3) is 5.91 Å². The Morgan fingerprint density at radius 1 is 1.25 bits per heavy atom. The number of nitrogens with one attached hydrogen (secondary N) is 1. The summed E-state index contributed by atoms with van der Waals surface area (Å²) in [4.78, 5) is 12.0. The normalized spacial score (nSPS) is 11.8. The van der Waals surface area contributed by atoms with Crippen LogP contribution in [0.25, 0.3) is 0 Å². The molecule has 0 radical (unpaired) electrons. The Hall–Kier alpha value is -2.01. The molecule has 0 fully saturated rings. The van der Waals surface area contributed by atoms with Crippen LogP contribution in [0.4, 0.5) is 4.39 Å². The van der Waals surface area contributed by atoms with Crippen LogP contribution in [0.3, 0.4) is 0 Å². The van der Waals surface area contributed by atoms with Gasteiger partial charge in [-0.1, -0.05) is 29.8 Å². The highest BCUT2D eigenvalue weighted by Gasteiger charge is 2.13. The molecule has 5 heteroatoms. The van der Waals surface area contributed by atoms with Crippen molar-refractivity contribution in [3.8, 4) is 5.75 Å². The Labute approximate surface area is 146 Å². The largest absolute Gasteiger partial charge is 0.481 e. The number of aryl methyl sites for hydroxylation is 1. The smallest absolute Gasteiger partial charge is 0.260 e. The van der Waals surface area contributed by atoms with E-state index in [0.717, 1.165) is 11.5 Å². The van der Waals surface area contributed by atoms with E-state index in [1.165, 1.54) is 35.4 Å². The second-order valence-corrected chi connectivity index (χ2v) is 6.65. The van der Waals surface area contributed by atoms with E-state index in [-0.39, 0.29) is 11.7 Å². The molecule has 1 atom stereocenters. The highest BCUT2D eigenvalue weighted by atomic mass is 32.2. The molecular formula is C19H22FNO2S. The molecule has 0 aromatic heterocycles. The van der Waals surface area contributed by atoms with Gasteiger partial charge in [-0.2, -0.15) is 11.8 Å². The molecule has 0 aliphatic rings. The summed E-state index contributed by atoms with van der Waals surface area (Å²) in [5, 5.41) is 2.85. The van der Waals surface area contributed by atoms with E-state index in [1.807, 2.05) is 0 Å². The van der Waals surface area contributed by atoms with Crippen molar-refractivity contribution in [2.45, 2.75) is 25.7 Å². The van der Waals surface area contributed by atoms with E-state index in [1.54, 1.807) is 18.7 Å². The number of hydrogen-bond donors (Lipinski definition) is 1. The molecule has 0 unspecified atom stereocenters. The molecule has 128 valence electrons. The van der Waals surface area contributed by atoms with E-state index < -0.39 is 6.10 Å². The summed E-state index contributed by atoms with van der Waals surface area (Å²) in [5.41, 5.74) is 2.55. The molecule has 1 amide bonds. The fourth-order valence-corrected chi connectivity index (χ4v) is 2.96. The van der Waals surface area contributed by atoms with Crippen LogP contribution in [0, 0.1) is 12.7 Å². The van der Waals surface area contributed by atoms with Gasteiger partial charge in [-0.3, -0.25) is 4.79 Å². The molecule has 1 N–H and O–H groups in total. The molecule has 24 heavy (non-hydrogen) atoms. The summed E-state index contributed by atoms with van der Waals surface area (Å²) in [5.74, 6) is 1.75. The lowest BCUT2D eigenvalue weighted by Crippen LogP contribution is -2.37. The van der Waals surface area contributed by atoms with Crippen molar-refractivity contribution in [1.29, 1.82) is 0 Å². The Morgan fingerprint density at radius 3 is 2.71 bits per heavy atom. The standard InChI is InChI=1S/C19H22FNO2S/c1-14-4-3-5-16(12-14)13-24-11-10-21-19(22)15(2)23-18-8-6-17(20)7-9-18/h3-9,12,15H,10-11,13H2,1-2H3,(H,21,22)/t15-/m0/s1. The maximum absolute atomic E-state index is 12.8. The van der Waals surface area contributed by atoms with Crippen LogP contribution in [0.15, 0.2) is 48.5 Å². The lowest BCUT2D eigenvalue weighted by atomic mass is 10.2. The Kier molecular flexibility index (Phi) is 7.12. The van der Waals surface area contributed by atoms with Gasteiger partial charge < -0.3 is 10.1 Å². The summed E-state index contributed by atoms with van der Waals surface area (Å²) in [7, 11) is 0. The number of halogens is 1. The number of amides is 1. The number of benzene rings is 2. The molecule has 0 bridgehead atoms. The minimum Gasteiger partial charge on any atom is -0.481 e. The van der Waals surface area contributed by atoms with Crippen LogP contribution in [-0.4, -0.2) is 24.3 Å². The van der Waals surface area contributed by atoms with Crippen molar-refractivity contribution in [2.24, 2.45) is 0 Å². The molecule has 2 aromatic rings. The quantitative estimate of drug-likeness (QED) is 0.735. The van der Waals surface area contributed by atoms with Gasteiger partial charge in [0.05, 0.1) is 0 Å². The first-order chi connectivity index (χ1) is 11.5. The van der Waals surface area contributed by atoms with Crippen molar-refractivity contribution in [3.63, 3.8) is 0 Å². The van der Waals surface area contributed by atoms with Crippen LogP contribution in [0.2, 0.25) is 0 Å². The van der Waals surface area contributed by atoms with Gasteiger partial charge in [0.15, 0.2) is 6.10 Å². The Morgan fingerprint density at radius 2 is 2.00 bits per heavy atom. The summed E-state index contributed by atoms with van der Waals surface area (Å²) in [6.45, 7) is 4.35. The van der Waals surface area contributed by atoms with Crippen LogP contribution < -0.4 is 10.1 Å². The highest BCUT2D eigenvalue weighted by Crippen LogP contribution is 2.14. The molecule has 0 spiro atoms. The van der Waals surface area contributed by atoms with Crippen molar-refractivity contribution in [3.05, 3.63) is 65.5 Å². The molecular weight excluding hydrogens is 325 g/mol. The van der Waals surface area contributed by atoms with Gasteiger partial charge in [0.1, 0.15) is 11.6 Å². The number of carbonyl (C=O) groups excluding carboxylic acids is 1. The van der Waals surface area contributed by atoms with Crippen LogP contribution in [0.1, 0.15) is 18.1 Å². The van der Waals surface area contributed by atoms with Crippen molar-refractivity contribution < 1.29 is 13.9 Å². The predicted molar refractivity (Wildman–Crippen MR) is 96.8 cm³/mol. The van der Waals surface area contributed by atoms with Crippen LogP contribution in [-0.2, 0) is 10.5 Å². The summed E-state index contributed by atoms with van der Waals surface area (Å²) >= 11 is 1.78. The number of ether oxygens (including phenoxy) is 1. The van der Waals surface area contributed by atoms with Gasteiger partial charge in [-0.05, 0) is 43.7 Å². The monoisotopic (exact) mass is 347 g/mol. The number of hydrogen-bond acceptors (Lipinski definition) is 3. The Balaban J connectivity index is 1.64. The summed E-state index contributed by atoms with van der Waals surface area (Å²) in [6.07, 6.45) is -0.614. The average Bonchev–Trinajstić information content (AvgIpc) is 2.56. The average molecular weight is 347 g/mol. The van der Waals surface area contributed by atoms with Gasteiger partial charge in [-0.15, -0.1) is 0 Å². The lowest BCUT2D eigenvalue weighted by molar-refractivity contribution is -0.127. The second kappa shape index (κ2) is 9.33. The third kappa shape index (κ3) is 6.24. The van der Waals surface area contributed by atoms with E-state index >= 15 is 0 Å². The fraction of sp³-hybridized carbons (Fsp3) is 0.316. The van der Waals surface area contributed by atoms with Crippen molar-refractivity contribution in [2.75, 3.05) is 12.3 Å². The molecule has 0 aliphatic heterocycles. The van der Waals surface area contributed by atoms with Crippen molar-refractivity contribution in [1.82, 2.24) is 5.32 Å². The molecule has 0 aliphatic carbocycles. The van der Waals surface area contributed by atoms with Crippen LogP contribution in [0.5, 0.6) is 5.75 Å². The maximum atomic E-state index is 12.8. The molecule has 0 saturated heterocycles.